The zero-order valence-electron chi connectivity index (χ0n) is 6.09. The number of rotatable bonds is 2. The highest BCUT2D eigenvalue weighted by Gasteiger charge is 2.09. The third-order valence-electron chi connectivity index (χ3n) is 1.64. The minimum absolute atomic E-state index is 0.927. The van der Waals surface area contributed by atoms with Crippen LogP contribution in [0.3, 0.4) is 0 Å². The van der Waals surface area contributed by atoms with Gasteiger partial charge in [0.2, 0.25) is 0 Å². The molecule has 1 aromatic heterocycles. The number of aromatic nitrogens is 1. The molecule has 0 saturated carbocycles. The summed E-state index contributed by atoms with van der Waals surface area (Å²) in [6.45, 7) is 0. The predicted octanol–water partition coefficient (Wildman–Crippen LogP) is 1.36. The van der Waals surface area contributed by atoms with Gasteiger partial charge in [0.25, 0.3) is 0 Å². The number of allylic oxidation sites excluding steroid dienone is 3. The van der Waals surface area contributed by atoms with E-state index >= 15 is 0 Å². The lowest BCUT2D eigenvalue weighted by Crippen LogP contribution is -2.03. The molecule has 0 bridgehead atoms. The normalized spacial score (nSPS) is 14.0. The fraction of sp³-hybridized carbons (Fsp3) is 0.111. The molecule has 0 fully saturated rings. The summed E-state index contributed by atoms with van der Waals surface area (Å²) in [5, 5.41) is 3.10. The average Bonchev–Trinajstić information content (AvgIpc) is 2.60. The van der Waals surface area contributed by atoms with Crippen LogP contribution in [0.15, 0.2) is 36.3 Å². The standard InChI is InChI=1S/C9H9N2/c1-3-8(10-5-1)7-9-4-2-6-11-9/h1,3-6,10-11H,7H2/q+1. The summed E-state index contributed by atoms with van der Waals surface area (Å²) in [6.07, 6.45) is 9.61. The van der Waals surface area contributed by atoms with Gasteiger partial charge in [-0.25, -0.2) is 0 Å². The van der Waals surface area contributed by atoms with Crippen LogP contribution in [0, 0.1) is 6.08 Å². The van der Waals surface area contributed by atoms with Crippen molar-refractivity contribution >= 4 is 0 Å². The van der Waals surface area contributed by atoms with Crippen LogP contribution in [0.4, 0.5) is 0 Å². The molecule has 2 N–H and O–H groups in total. The fourth-order valence-electron chi connectivity index (χ4n) is 1.10. The predicted molar refractivity (Wildman–Crippen MR) is 43.5 cm³/mol. The van der Waals surface area contributed by atoms with E-state index in [1.165, 1.54) is 11.4 Å². The summed E-state index contributed by atoms with van der Waals surface area (Å²) >= 11 is 0. The van der Waals surface area contributed by atoms with Gasteiger partial charge in [0.1, 0.15) is 6.08 Å². The Bertz CT molecular complexity index is 281. The molecule has 1 aliphatic rings. The van der Waals surface area contributed by atoms with Crippen LogP contribution in [-0.4, -0.2) is 4.98 Å². The topological polar surface area (TPSA) is 27.8 Å². The van der Waals surface area contributed by atoms with E-state index < -0.39 is 0 Å². The first-order valence-electron chi connectivity index (χ1n) is 3.61. The van der Waals surface area contributed by atoms with Crippen molar-refractivity contribution in [3.63, 3.8) is 0 Å². The van der Waals surface area contributed by atoms with Gasteiger partial charge in [-0.05, 0) is 12.1 Å². The van der Waals surface area contributed by atoms with Crippen LogP contribution in [-0.2, 0) is 6.42 Å². The molecule has 0 aliphatic carbocycles. The summed E-state index contributed by atoms with van der Waals surface area (Å²) in [5.41, 5.74) is 2.41. The second-order valence-corrected chi connectivity index (χ2v) is 2.50. The Morgan fingerprint density at radius 2 is 2.45 bits per heavy atom. The molecule has 0 saturated heterocycles. The van der Waals surface area contributed by atoms with E-state index in [0.717, 1.165) is 6.42 Å². The first kappa shape index (κ1) is 6.20. The van der Waals surface area contributed by atoms with Crippen molar-refractivity contribution in [2.45, 2.75) is 6.42 Å². The van der Waals surface area contributed by atoms with E-state index in [4.69, 9.17) is 0 Å². The molecule has 2 rings (SSSR count). The van der Waals surface area contributed by atoms with Crippen molar-refractivity contribution in [2.75, 3.05) is 0 Å². The number of aromatic amines is 1. The van der Waals surface area contributed by atoms with E-state index in [9.17, 15) is 0 Å². The Morgan fingerprint density at radius 3 is 3.09 bits per heavy atom. The number of nitrogens with one attached hydrogen (secondary N) is 2. The summed E-state index contributed by atoms with van der Waals surface area (Å²) in [7, 11) is 0. The third kappa shape index (κ3) is 1.31. The van der Waals surface area contributed by atoms with Crippen LogP contribution < -0.4 is 5.32 Å². The zero-order chi connectivity index (χ0) is 7.52. The second-order valence-electron chi connectivity index (χ2n) is 2.50. The average molecular weight is 145 g/mol. The maximum atomic E-state index is 3.14. The van der Waals surface area contributed by atoms with E-state index in [0.29, 0.717) is 0 Å². The van der Waals surface area contributed by atoms with Crippen LogP contribution in [0.1, 0.15) is 5.69 Å². The molecule has 54 valence electrons. The van der Waals surface area contributed by atoms with Crippen molar-refractivity contribution < 1.29 is 0 Å². The molecule has 1 aliphatic heterocycles. The number of H-pyrrole nitrogens is 1. The van der Waals surface area contributed by atoms with Gasteiger partial charge in [0.15, 0.2) is 18.0 Å². The monoisotopic (exact) mass is 145 g/mol. The Hall–Kier alpha value is -1.53. The van der Waals surface area contributed by atoms with Gasteiger partial charge in [0, 0.05) is 11.9 Å². The highest BCUT2D eigenvalue weighted by Crippen LogP contribution is 2.05. The molecule has 0 aromatic carbocycles. The molecule has 2 heteroatoms. The molecule has 0 spiro atoms. The van der Waals surface area contributed by atoms with Crippen molar-refractivity contribution in [3.05, 3.63) is 48.1 Å². The Kier molecular flexibility index (Phi) is 1.47. The van der Waals surface area contributed by atoms with E-state index in [2.05, 4.69) is 22.4 Å². The van der Waals surface area contributed by atoms with Gasteiger partial charge in [-0.1, -0.05) is 0 Å². The van der Waals surface area contributed by atoms with E-state index in [1.54, 1.807) is 0 Å². The molecule has 0 atom stereocenters. The molecular weight excluding hydrogens is 136 g/mol. The largest absolute Gasteiger partial charge is 0.363 e. The zero-order valence-corrected chi connectivity index (χ0v) is 6.09. The molecule has 0 unspecified atom stereocenters. The molecule has 1 aromatic rings. The van der Waals surface area contributed by atoms with Gasteiger partial charge >= 0.3 is 0 Å². The highest BCUT2D eigenvalue weighted by molar-refractivity contribution is 5.21. The summed E-state index contributed by atoms with van der Waals surface area (Å²) < 4.78 is 0. The van der Waals surface area contributed by atoms with Gasteiger partial charge in [-0.2, -0.15) is 0 Å². The van der Waals surface area contributed by atoms with Crippen LogP contribution in [0.5, 0.6) is 0 Å². The summed E-state index contributed by atoms with van der Waals surface area (Å²) in [4.78, 5) is 3.14. The Morgan fingerprint density at radius 1 is 1.45 bits per heavy atom. The van der Waals surface area contributed by atoms with Gasteiger partial charge in [0.05, 0.1) is 6.42 Å². The minimum Gasteiger partial charge on any atom is -0.363 e. The molecule has 0 amide bonds. The SMILES string of the molecule is [C+]1=CNC(Cc2ccc[nH]2)=C1. The summed E-state index contributed by atoms with van der Waals surface area (Å²) in [5.74, 6) is 0. The van der Waals surface area contributed by atoms with Gasteiger partial charge < -0.3 is 4.98 Å². The molecule has 11 heavy (non-hydrogen) atoms. The quantitative estimate of drug-likeness (QED) is 0.604. The van der Waals surface area contributed by atoms with Gasteiger partial charge in [-0.3, -0.25) is 5.32 Å². The first-order chi connectivity index (χ1) is 5.45. The van der Waals surface area contributed by atoms with Crippen LogP contribution in [0.2, 0.25) is 0 Å². The maximum absolute atomic E-state index is 3.14. The minimum atomic E-state index is 0.927. The number of hydrogen-bond donors (Lipinski definition) is 2. The number of hydrogen-bond acceptors (Lipinski definition) is 1. The Balaban J connectivity index is 2.02. The van der Waals surface area contributed by atoms with Crippen molar-refractivity contribution in [1.29, 1.82) is 0 Å². The lowest BCUT2D eigenvalue weighted by molar-refractivity contribution is 0.965. The second kappa shape index (κ2) is 2.60. The van der Waals surface area contributed by atoms with Crippen LogP contribution >= 0.6 is 0 Å². The summed E-state index contributed by atoms with van der Waals surface area (Å²) in [6, 6.07) is 4.07. The first-order valence-corrected chi connectivity index (χ1v) is 3.61. The van der Waals surface area contributed by atoms with E-state index in [1.807, 2.05) is 24.5 Å². The molecule has 0 radical (unpaired) electrons. The lowest BCUT2D eigenvalue weighted by Gasteiger charge is -1.91. The lowest BCUT2D eigenvalue weighted by atomic mass is 10.2. The van der Waals surface area contributed by atoms with Crippen molar-refractivity contribution in [3.8, 4) is 0 Å². The van der Waals surface area contributed by atoms with Crippen molar-refractivity contribution in [1.82, 2.24) is 10.3 Å². The van der Waals surface area contributed by atoms with E-state index in [-0.39, 0.29) is 0 Å². The van der Waals surface area contributed by atoms with Crippen LogP contribution in [0.25, 0.3) is 0 Å². The smallest absolute Gasteiger partial charge is 0.182 e. The molecule has 2 heterocycles. The fourth-order valence-corrected chi connectivity index (χ4v) is 1.10. The molecular formula is C9H9N2+. The third-order valence-corrected chi connectivity index (χ3v) is 1.64. The molecule has 2 nitrogen and oxygen atoms in total. The maximum Gasteiger partial charge on any atom is 0.182 e. The van der Waals surface area contributed by atoms with Crippen molar-refractivity contribution in [2.24, 2.45) is 0 Å². The van der Waals surface area contributed by atoms with Gasteiger partial charge in [-0.15, -0.1) is 0 Å². The highest BCUT2D eigenvalue weighted by atomic mass is 14.9. The Labute approximate surface area is 65.6 Å².